The maximum absolute atomic E-state index is 14.5. The van der Waals surface area contributed by atoms with Crippen molar-refractivity contribution in [3.63, 3.8) is 0 Å². The molecule has 4 aromatic carbocycles. The smallest absolute Gasteiger partial charge is 0.166 e. The van der Waals surface area contributed by atoms with E-state index in [2.05, 4.69) is 11.8 Å². The lowest BCUT2D eigenvalue weighted by atomic mass is 10.0. The minimum absolute atomic E-state index is 0.222. The first-order valence-corrected chi connectivity index (χ1v) is 10.1. The molecular formula is C28H19F3O. The van der Waals surface area contributed by atoms with Crippen molar-refractivity contribution in [1.82, 2.24) is 0 Å². The first-order chi connectivity index (χ1) is 15.5. The molecule has 0 spiro atoms. The molecule has 0 saturated carbocycles. The molecule has 0 heterocycles. The van der Waals surface area contributed by atoms with Crippen LogP contribution in [0.1, 0.15) is 18.1 Å². The van der Waals surface area contributed by atoms with Gasteiger partial charge in [0.25, 0.3) is 0 Å². The second-order valence-electron chi connectivity index (χ2n) is 7.15. The van der Waals surface area contributed by atoms with Crippen molar-refractivity contribution >= 4 is 10.8 Å². The predicted octanol–water partition coefficient (Wildman–Crippen LogP) is 7.28. The largest absolute Gasteiger partial charge is 0.489 e. The van der Waals surface area contributed by atoms with Crippen LogP contribution in [0.2, 0.25) is 0 Å². The molecule has 0 fully saturated rings. The highest BCUT2D eigenvalue weighted by Crippen LogP contribution is 2.27. The van der Waals surface area contributed by atoms with E-state index < -0.39 is 11.6 Å². The molecule has 0 aliphatic heterocycles. The molecule has 158 valence electrons. The third-order valence-electron chi connectivity index (χ3n) is 4.98. The molecule has 1 nitrogen and oxygen atoms in total. The number of hydrogen-bond acceptors (Lipinski definition) is 1. The highest BCUT2D eigenvalue weighted by atomic mass is 19.2. The van der Waals surface area contributed by atoms with E-state index in [0.717, 1.165) is 17.2 Å². The Morgan fingerprint density at radius 2 is 1.53 bits per heavy atom. The Bertz CT molecular complexity index is 1360. The average molecular weight is 428 g/mol. The Balaban J connectivity index is 1.52. The van der Waals surface area contributed by atoms with Gasteiger partial charge in [-0.3, -0.25) is 0 Å². The van der Waals surface area contributed by atoms with E-state index in [9.17, 15) is 13.2 Å². The van der Waals surface area contributed by atoms with Crippen molar-refractivity contribution in [2.45, 2.75) is 6.92 Å². The summed E-state index contributed by atoms with van der Waals surface area (Å²) in [6.45, 7) is 2.29. The van der Waals surface area contributed by atoms with Gasteiger partial charge in [-0.05, 0) is 60.3 Å². The summed E-state index contributed by atoms with van der Waals surface area (Å²) in [4.78, 5) is 0. The fraction of sp³-hybridized carbons (Fsp3) is 0.0714. The van der Waals surface area contributed by atoms with Gasteiger partial charge in [0.15, 0.2) is 11.6 Å². The molecule has 0 N–H and O–H groups in total. The molecule has 4 heteroatoms. The van der Waals surface area contributed by atoms with Gasteiger partial charge in [0, 0.05) is 28.1 Å². The number of ether oxygens (including phenoxy) is 1. The van der Waals surface area contributed by atoms with E-state index >= 15 is 0 Å². The number of benzene rings is 4. The summed E-state index contributed by atoms with van der Waals surface area (Å²) in [6, 6.07) is 19.6. The Morgan fingerprint density at radius 1 is 0.781 bits per heavy atom. The molecule has 0 aliphatic rings. The van der Waals surface area contributed by atoms with Gasteiger partial charge < -0.3 is 4.74 Å². The molecule has 4 rings (SSSR count). The summed E-state index contributed by atoms with van der Waals surface area (Å²) in [5, 5.41) is 0.805. The molecule has 0 atom stereocenters. The quantitative estimate of drug-likeness (QED) is 0.245. The van der Waals surface area contributed by atoms with E-state index in [4.69, 9.17) is 4.74 Å². The second-order valence-corrected chi connectivity index (χ2v) is 7.15. The van der Waals surface area contributed by atoms with E-state index in [-0.39, 0.29) is 11.2 Å². The number of halogens is 3. The number of hydrogen-bond donors (Lipinski definition) is 0. The van der Waals surface area contributed by atoms with Gasteiger partial charge >= 0.3 is 0 Å². The Kier molecular flexibility index (Phi) is 6.28. The number of fused-ring (bicyclic) bond motifs is 1. The minimum atomic E-state index is -0.872. The van der Waals surface area contributed by atoms with Crippen LogP contribution in [-0.4, -0.2) is 6.61 Å². The molecular weight excluding hydrogens is 409 g/mol. The molecule has 0 aromatic heterocycles. The SMILES string of the molecule is C/C=C/COc1ccc(-c2ccc(C#Cc3ccc4c(F)c(F)ccc4c3)cc2)c(F)c1. The maximum atomic E-state index is 14.5. The fourth-order valence-electron chi connectivity index (χ4n) is 3.28. The summed E-state index contributed by atoms with van der Waals surface area (Å²) < 4.78 is 47.2. The topological polar surface area (TPSA) is 9.23 Å². The minimum Gasteiger partial charge on any atom is -0.489 e. The standard InChI is InChI=1S/C28H19F3O/c1-2-3-16-32-23-12-14-24(27(30)18-23)21-9-6-19(7-10-21)4-5-20-8-13-25-22(17-20)11-15-26(29)28(25)31/h2-3,6-15,17-18H,16H2,1H3/b3-2+. The van der Waals surface area contributed by atoms with Gasteiger partial charge in [0.2, 0.25) is 0 Å². The van der Waals surface area contributed by atoms with E-state index in [0.29, 0.717) is 28.9 Å². The van der Waals surface area contributed by atoms with Crippen LogP contribution in [0.25, 0.3) is 21.9 Å². The molecule has 0 unspecified atom stereocenters. The van der Waals surface area contributed by atoms with E-state index in [1.807, 2.05) is 31.2 Å². The highest BCUT2D eigenvalue weighted by molar-refractivity contribution is 5.84. The summed E-state index contributed by atoms with van der Waals surface area (Å²) in [6.07, 6.45) is 3.72. The summed E-state index contributed by atoms with van der Waals surface area (Å²) in [7, 11) is 0. The Hall–Kier alpha value is -3.97. The lowest BCUT2D eigenvalue weighted by Gasteiger charge is -2.07. The zero-order chi connectivity index (χ0) is 22.5. The summed E-state index contributed by atoms with van der Waals surface area (Å²) in [5.41, 5.74) is 2.65. The van der Waals surface area contributed by atoms with Crippen LogP contribution in [0, 0.1) is 29.3 Å². The number of allylic oxidation sites excluding steroid dienone is 1. The summed E-state index contributed by atoms with van der Waals surface area (Å²) >= 11 is 0. The van der Waals surface area contributed by atoms with Gasteiger partial charge in [-0.1, -0.05) is 48.3 Å². The fourth-order valence-corrected chi connectivity index (χ4v) is 3.28. The molecule has 0 radical (unpaired) electrons. The van der Waals surface area contributed by atoms with Crippen molar-refractivity contribution < 1.29 is 17.9 Å². The van der Waals surface area contributed by atoms with Crippen molar-refractivity contribution in [3.05, 3.63) is 114 Å². The van der Waals surface area contributed by atoms with Crippen molar-refractivity contribution in [1.29, 1.82) is 0 Å². The monoisotopic (exact) mass is 428 g/mol. The Morgan fingerprint density at radius 3 is 2.28 bits per heavy atom. The van der Waals surface area contributed by atoms with Crippen LogP contribution in [0.4, 0.5) is 13.2 Å². The first-order valence-electron chi connectivity index (χ1n) is 10.1. The van der Waals surface area contributed by atoms with Crippen LogP contribution in [0.5, 0.6) is 5.75 Å². The zero-order valence-electron chi connectivity index (χ0n) is 17.3. The predicted molar refractivity (Wildman–Crippen MR) is 122 cm³/mol. The Labute approximate surface area is 184 Å². The molecule has 0 saturated heterocycles. The highest BCUT2D eigenvalue weighted by Gasteiger charge is 2.08. The lowest BCUT2D eigenvalue weighted by Crippen LogP contribution is -1.94. The van der Waals surface area contributed by atoms with Gasteiger partial charge in [0.1, 0.15) is 18.2 Å². The first kappa shape index (κ1) is 21.3. The van der Waals surface area contributed by atoms with E-state index in [1.54, 1.807) is 36.4 Å². The molecule has 0 amide bonds. The number of rotatable bonds is 4. The van der Waals surface area contributed by atoms with Crippen LogP contribution in [-0.2, 0) is 0 Å². The van der Waals surface area contributed by atoms with Crippen LogP contribution >= 0.6 is 0 Å². The van der Waals surface area contributed by atoms with Gasteiger partial charge in [-0.25, -0.2) is 13.2 Å². The third-order valence-corrected chi connectivity index (χ3v) is 4.98. The van der Waals surface area contributed by atoms with Gasteiger partial charge in [0.05, 0.1) is 0 Å². The maximum Gasteiger partial charge on any atom is 0.166 e. The zero-order valence-corrected chi connectivity index (χ0v) is 17.3. The molecule has 4 aromatic rings. The van der Waals surface area contributed by atoms with Gasteiger partial charge in [-0.15, -0.1) is 0 Å². The van der Waals surface area contributed by atoms with Gasteiger partial charge in [-0.2, -0.15) is 0 Å². The second kappa shape index (κ2) is 9.45. The van der Waals surface area contributed by atoms with E-state index in [1.165, 1.54) is 18.2 Å². The van der Waals surface area contributed by atoms with Crippen molar-refractivity contribution in [2.24, 2.45) is 0 Å². The lowest BCUT2D eigenvalue weighted by molar-refractivity contribution is 0.360. The van der Waals surface area contributed by atoms with Crippen molar-refractivity contribution in [3.8, 4) is 28.7 Å². The van der Waals surface area contributed by atoms with Crippen molar-refractivity contribution in [2.75, 3.05) is 6.61 Å². The van der Waals surface area contributed by atoms with Crippen LogP contribution in [0.15, 0.2) is 84.9 Å². The van der Waals surface area contributed by atoms with Crippen LogP contribution in [0.3, 0.4) is 0 Å². The summed E-state index contributed by atoms with van der Waals surface area (Å²) in [5.74, 6) is 4.46. The third kappa shape index (κ3) is 4.68. The normalized spacial score (nSPS) is 10.9. The molecule has 0 bridgehead atoms. The molecule has 0 aliphatic carbocycles. The van der Waals surface area contributed by atoms with Crippen LogP contribution < -0.4 is 4.74 Å². The average Bonchev–Trinajstić information content (AvgIpc) is 2.81. The molecule has 32 heavy (non-hydrogen) atoms.